The van der Waals surface area contributed by atoms with Crippen molar-refractivity contribution in [2.24, 2.45) is 5.92 Å². The number of hydrogen-bond donors (Lipinski definition) is 0. The minimum atomic E-state index is -4.38. The molecular weight excluding hydrogens is 369 g/mol. The van der Waals surface area contributed by atoms with E-state index in [1.165, 1.54) is 12.1 Å². The standard InChI is InChI=1S/C21H21F3N2S/c1-14(2)13-27-20-25-12-19(16-9-7-15(3)8-10-16)26(20)18-6-4-5-17(11-18)21(22,23)24/h4-12,14H,13H2,1-3H3. The molecule has 3 rings (SSSR count). The normalized spacial score (nSPS) is 12.0. The van der Waals surface area contributed by atoms with Crippen molar-refractivity contribution in [3.8, 4) is 16.9 Å². The molecule has 0 fully saturated rings. The molecule has 0 aliphatic heterocycles. The van der Waals surface area contributed by atoms with Gasteiger partial charge in [0.2, 0.25) is 0 Å². The maximum absolute atomic E-state index is 13.2. The van der Waals surface area contributed by atoms with Gasteiger partial charge in [-0.05, 0) is 31.0 Å². The Balaban J connectivity index is 2.13. The molecule has 0 atom stereocenters. The van der Waals surface area contributed by atoms with E-state index in [4.69, 9.17) is 0 Å². The minimum Gasteiger partial charge on any atom is -0.287 e. The summed E-state index contributed by atoms with van der Waals surface area (Å²) in [7, 11) is 0. The summed E-state index contributed by atoms with van der Waals surface area (Å²) < 4.78 is 41.4. The second kappa shape index (κ2) is 7.80. The predicted molar refractivity (Wildman–Crippen MR) is 104 cm³/mol. The molecule has 0 amide bonds. The van der Waals surface area contributed by atoms with Gasteiger partial charge >= 0.3 is 6.18 Å². The molecule has 6 heteroatoms. The highest BCUT2D eigenvalue weighted by atomic mass is 32.2. The third kappa shape index (κ3) is 4.56. The molecule has 1 aromatic heterocycles. The lowest BCUT2D eigenvalue weighted by atomic mass is 10.1. The summed E-state index contributed by atoms with van der Waals surface area (Å²) in [6.07, 6.45) is -2.65. The first kappa shape index (κ1) is 19.5. The molecule has 0 saturated carbocycles. The number of imidazole rings is 1. The van der Waals surface area contributed by atoms with Crippen LogP contribution in [0.1, 0.15) is 25.0 Å². The van der Waals surface area contributed by atoms with Crippen LogP contribution in [0.25, 0.3) is 16.9 Å². The summed E-state index contributed by atoms with van der Waals surface area (Å²) in [6, 6.07) is 13.3. The topological polar surface area (TPSA) is 17.8 Å². The Bertz CT molecular complexity index is 912. The van der Waals surface area contributed by atoms with Gasteiger partial charge in [-0.3, -0.25) is 4.57 Å². The van der Waals surface area contributed by atoms with E-state index in [-0.39, 0.29) is 0 Å². The average molecular weight is 390 g/mol. The fraction of sp³-hybridized carbons (Fsp3) is 0.286. The molecule has 0 bridgehead atoms. The van der Waals surface area contributed by atoms with Crippen molar-refractivity contribution in [1.82, 2.24) is 9.55 Å². The van der Waals surface area contributed by atoms with Crippen molar-refractivity contribution in [2.75, 3.05) is 5.75 Å². The molecule has 2 aromatic carbocycles. The van der Waals surface area contributed by atoms with Gasteiger partial charge in [-0.25, -0.2) is 4.98 Å². The molecule has 1 heterocycles. The summed E-state index contributed by atoms with van der Waals surface area (Å²) in [5.74, 6) is 1.29. The molecule has 0 aliphatic carbocycles. The molecular formula is C21H21F3N2S. The third-order valence-electron chi connectivity index (χ3n) is 4.05. The van der Waals surface area contributed by atoms with E-state index < -0.39 is 11.7 Å². The number of aryl methyl sites for hydroxylation is 1. The van der Waals surface area contributed by atoms with E-state index in [2.05, 4.69) is 18.8 Å². The van der Waals surface area contributed by atoms with Gasteiger partial charge < -0.3 is 0 Å². The zero-order valence-corrected chi connectivity index (χ0v) is 16.2. The van der Waals surface area contributed by atoms with Gasteiger partial charge in [-0.1, -0.05) is 61.5 Å². The molecule has 0 spiro atoms. The van der Waals surface area contributed by atoms with Crippen molar-refractivity contribution in [3.63, 3.8) is 0 Å². The predicted octanol–water partition coefficient (Wildman–Crippen LogP) is 6.61. The number of nitrogens with zero attached hydrogens (tertiary/aromatic N) is 2. The van der Waals surface area contributed by atoms with Crippen LogP contribution in [0.5, 0.6) is 0 Å². The molecule has 2 nitrogen and oxygen atoms in total. The summed E-state index contributed by atoms with van der Waals surface area (Å²) in [6.45, 7) is 6.20. The van der Waals surface area contributed by atoms with E-state index in [9.17, 15) is 13.2 Å². The van der Waals surface area contributed by atoms with Gasteiger partial charge in [-0.2, -0.15) is 13.2 Å². The van der Waals surface area contributed by atoms with E-state index in [1.807, 2.05) is 35.8 Å². The third-order valence-corrected chi connectivity index (χ3v) is 5.43. The number of hydrogen-bond acceptors (Lipinski definition) is 2. The smallest absolute Gasteiger partial charge is 0.287 e. The van der Waals surface area contributed by atoms with Crippen LogP contribution >= 0.6 is 11.8 Å². The monoisotopic (exact) mass is 390 g/mol. The van der Waals surface area contributed by atoms with Crippen LogP contribution in [0, 0.1) is 12.8 Å². The van der Waals surface area contributed by atoms with Crippen LogP contribution in [0.4, 0.5) is 13.2 Å². The van der Waals surface area contributed by atoms with Gasteiger partial charge in [0.05, 0.1) is 17.5 Å². The van der Waals surface area contributed by atoms with E-state index in [0.29, 0.717) is 16.8 Å². The number of thioether (sulfide) groups is 1. The second-order valence-electron chi connectivity index (χ2n) is 6.88. The highest BCUT2D eigenvalue weighted by Gasteiger charge is 2.31. The van der Waals surface area contributed by atoms with Crippen LogP contribution in [0.15, 0.2) is 59.9 Å². The Hall–Kier alpha value is -2.21. The van der Waals surface area contributed by atoms with Gasteiger partial charge in [0.25, 0.3) is 0 Å². The first-order valence-electron chi connectivity index (χ1n) is 8.71. The Morgan fingerprint density at radius 3 is 2.41 bits per heavy atom. The van der Waals surface area contributed by atoms with Crippen molar-refractivity contribution in [1.29, 1.82) is 0 Å². The SMILES string of the molecule is Cc1ccc(-c2cnc(SCC(C)C)n2-c2cccc(C(F)(F)F)c2)cc1. The van der Waals surface area contributed by atoms with Gasteiger partial charge in [-0.15, -0.1) is 0 Å². The lowest BCUT2D eigenvalue weighted by Crippen LogP contribution is -2.07. The largest absolute Gasteiger partial charge is 0.416 e. The Morgan fingerprint density at radius 2 is 1.78 bits per heavy atom. The first-order valence-corrected chi connectivity index (χ1v) is 9.69. The molecule has 0 aliphatic rings. The van der Waals surface area contributed by atoms with Crippen LogP contribution in [-0.2, 0) is 6.18 Å². The molecule has 27 heavy (non-hydrogen) atoms. The highest BCUT2D eigenvalue weighted by molar-refractivity contribution is 7.99. The second-order valence-corrected chi connectivity index (χ2v) is 7.87. The van der Waals surface area contributed by atoms with Gasteiger partial charge in [0.1, 0.15) is 0 Å². The Morgan fingerprint density at radius 1 is 1.07 bits per heavy atom. The molecule has 0 saturated heterocycles. The lowest BCUT2D eigenvalue weighted by molar-refractivity contribution is -0.137. The summed E-state index contributed by atoms with van der Waals surface area (Å²) in [4.78, 5) is 4.50. The van der Waals surface area contributed by atoms with Crippen LogP contribution in [-0.4, -0.2) is 15.3 Å². The molecule has 0 N–H and O–H groups in total. The summed E-state index contributed by atoms with van der Waals surface area (Å²) in [5, 5.41) is 0.693. The van der Waals surface area contributed by atoms with Crippen molar-refractivity contribution in [2.45, 2.75) is 32.1 Å². The highest BCUT2D eigenvalue weighted by Crippen LogP contribution is 2.34. The fourth-order valence-corrected chi connectivity index (χ4v) is 3.62. The number of alkyl halides is 3. The average Bonchev–Trinajstić information content (AvgIpc) is 3.04. The zero-order valence-electron chi connectivity index (χ0n) is 15.4. The van der Waals surface area contributed by atoms with Crippen molar-refractivity contribution in [3.05, 3.63) is 65.9 Å². The number of halogens is 3. The Kier molecular flexibility index (Phi) is 5.65. The number of rotatable bonds is 5. The van der Waals surface area contributed by atoms with E-state index in [1.54, 1.807) is 24.0 Å². The summed E-state index contributed by atoms with van der Waals surface area (Å²) in [5.41, 5.74) is 2.62. The minimum absolute atomic E-state index is 0.449. The molecule has 0 unspecified atom stereocenters. The van der Waals surface area contributed by atoms with Crippen molar-refractivity contribution >= 4 is 11.8 Å². The summed E-state index contributed by atoms with van der Waals surface area (Å²) >= 11 is 1.55. The Labute approximate surface area is 161 Å². The van der Waals surface area contributed by atoms with Gasteiger partial charge in [0.15, 0.2) is 5.16 Å². The lowest BCUT2D eigenvalue weighted by Gasteiger charge is -2.15. The maximum Gasteiger partial charge on any atom is 0.416 e. The zero-order chi connectivity index (χ0) is 19.6. The molecule has 142 valence electrons. The van der Waals surface area contributed by atoms with Crippen molar-refractivity contribution < 1.29 is 13.2 Å². The van der Waals surface area contributed by atoms with Crippen LogP contribution < -0.4 is 0 Å². The quantitative estimate of drug-likeness (QED) is 0.456. The number of benzene rings is 2. The first-order chi connectivity index (χ1) is 12.8. The fourth-order valence-electron chi connectivity index (χ4n) is 2.68. The number of aromatic nitrogens is 2. The molecule has 3 aromatic rings. The van der Waals surface area contributed by atoms with E-state index in [0.717, 1.165) is 28.6 Å². The molecule has 0 radical (unpaired) electrons. The van der Waals surface area contributed by atoms with Crippen LogP contribution in [0.3, 0.4) is 0 Å². The van der Waals surface area contributed by atoms with E-state index >= 15 is 0 Å². The van der Waals surface area contributed by atoms with Crippen LogP contribution in [0.2, 0.25) is 0 Å². The van der Waals surface area contributed by atoms with Gasteiger partial charge in [0, 0.05) is 17.0 Å². The maximum atomic E-state index is 13.2.